The van der Waals surface area contributed by atoms with E-state index in [4.69, 9.17) is 14.2 Å². The van der Waals surface area contributed by atoms with Crippen molar-refractivity contribution in [3.63, 3.8) is 0 Å². The zero-order valence-corrected chi connectivity index (χ0v) is 27.4. The van der Waals surface area contributed by atoms with E-state index in [9.17, 15) is 4.79 Å². The number of halogens is 1. The molecule has 0 radical (unpaired) electrons. The number of ether oxygens (including phenoxy) is 3. The number of hydrogen-bond donors (Lipinski definition) is 0. The molecule has 0 bridgehead atoms. The van der Waals surface area contributed by atoms with E-state index in [0.717, 1.165) is 30.5 Å². The predicted molar refractivity (Wildman–Crippen MR) is 181 cm³/mol. The number of rotatable bonds is 15. The monoisotopic (exact) mass is 648 g/mol. The maximum absolute atomic E-state index is 12.1. The van der Waals surface area contributed by atoms with Gasteiger partial charge in [0.15, 0.2) is 0 Å². The molecule has 0 saturated carbocycles. The van der Waals surface area contributed by atoms with Crippen molar-refractivity contribution in [1.82, 2.24) is 0 Å². The Kier molecular flexibility index (Phi) is 10.9. The first-order valence-corrected chi connectivity index (χ1v) is 19.1. The molecule has 0 unspecified atom stereocenters. The zero-order valence-electron chi connectivity index (χ0n) is 24.9. The van der Waals surface area contributed by atoms with Crippen LogP contribution in [0, 0.1) is 5.41 Å². The number of carbonyl (C=O) groups excluding carboxylic acids is 1. The van der Waals surface area contributed by atoms with Crippen molar-refractivity contribution >= 4 is 42.7 Å². The molecule has 0 aromatic heterocycles. The second kappa shape index (κ2) is 14.4. The first-order chi connectivity index (χ1) is 20.3. The van der Waals surface area contributed by atoms with Crippen LogP contribution in [0.15, 0.2) is 115 Å². The molecule has 0 atom stereocenters. The van der Waals surface area contributed by atoms with Crippen molar-refractivity contribution in [3.8, 4) is 11.5 Å². The summed E-state index contributed by atoms with van der Waals surface area (Å²) >= 11 is 4.50. The van der Waals surface area contributed by atoms with Crippen molar-refractivity contribution in [2.75, 3.05) is 26.0 Å². The number of hydrogen-bond acceptors (Lipinski definition) is 4. The van der Waals surface area contributed by atoms with Gasteiger partial charge in [-0.1, -0.05) is 0 Å². The molecule has 0 fully saturated rings. The fourth-order valence-electron chi connectivity index (χ4n) is 5.37. The zero-order chi connectivity index (χ0) is 29.9. The van der Waals surface area contributed by atoms with Crippen LogP contribution in [-0.4, -0.2) is 32.0 Å². The molecular weight excluding hydrogens is 607 g/mol. The summed E-state index contributed by atoms with van der Waals surface area (Å²) in [5.41, 5.74) is -0.507. The van der Waals surface area contributed by atoms with Crippen LogP contribution in [0.3, 0.4) is 0 Å². The molecule has 4 aromatic carbocycles. The average molecular weight is 650 g/mol. The van der Waals surface area contributed by atoms with Crippen LogP contribution in [-0.2, 0) is 9.53 Å². The number of carbonyl (C=O) groups is 1. The average Bonchev–Trinajstić information content (AvgIpc) is 3.03. The maximum atomic E-state index is 12.1. The Bertz CT molecular complexity index is 1290. The van der Waals surface area contributed by atoms with E-state index in [1.54, 1.807) is 0 Å². The summed E-state index contributed by atoms with van der Waals surface area (Å²) in [6.07, 6.45) is 3.27. The van der Waals surface area contributed by atoms with Crippen LogP contribution in [0.2, 0.25) is 0 Å². The van der Waals surface area contributed by atoms with Gasteiger partial charge in [-0.25, -0.2) is 0 Å². The van der Waals surface area contributed by atoms with Gasteiger partial charge < -0.3 is 4.74 Å². The standard InChI is InChI=1S/C36H42BrO4P/c1-4-39-35(38)36(2,3)26-14-27-40-30-22-24-31(25-23-30)41-28-15-29-42(37,32-16-8-5-9-17-32,33-18-10-6-11-19-33)34-20-12-7-13-21-34/h5-13,16-25H,4,14-15,26-29H2,1-3H3. The van der Waals surface area contributed by atoms with E-state index < -0.39 is 10.7 Å². The van der Waals surface area contributed by atoms with Gasteiger partial charge in [-0.05, 0) is 20.8 Å². The molecule has 0 aliphatic rings. The molecular formula is C36H42BrO4P. The first-order valence-electron chi connectivity index (χ1n) is 14.7. The number of esters is 1. The van der Waals surface area contributed by atoms with E-state index >= 15 is 0 Å². The topological polar surface area (TPSA) is 44.8 Å². The molecule has 222 valence electrons. The van der Waals surface area contributed by atoms with Gasteiger partial charge in [-0.15, -0.1) is 0 Å². The van der Waals surface area contributed by atoms with Crippen LogP contribution < -0.4 is 25.4 Å². The van der Waals surface area contributed by atoms with E-state index in [-0.39, 0.29) is 5.97 Å². The van der Waals surface area contributed by atoms with E-state index in [2.05, 4.69) is 106 Å². The second-order valence-electron chi connectivity index (χ2n) is 11.1. The molecule has 0 amide bonds. The summed E-state index contributed by atoms with van der Waals surface area (Å²) in [4.78, 5) is 12.1. The third-order valence-corrected chi connectivity index (χ3v) is 17.8. The summed E-state index contributed by atoms with van der Waals surface area (Å²) in [5.74, 6) is 1.45. The molecule has 0 aliphatic carbocycles. The third kappa shape index (κ3) is 7.25. The Balaban J connectivity index is 1.40. The van der Waals surface area contributed by atoms with Crippen LogP contribution >= 0.6 is 20.8 Å². The van der Waals surface area contributed by atoms with Gasteiger partial charge >= 0.3 is 218 Å². The summed E-state index contributed by atoms with van der Waals surface area (Å²) in [7, 11) is 0. The summed E-state index contributed by atoms with van der Waals surface area (Å²) < 4.78 is 17.3. The molecule has 0 N–H and O–H groups in total. The van der Waals surface area contributed by atoms with Crippen molar-refractivity contribution in [2.24, 2.45) is 5.41 Å². The Morgan fingerprint density at radius 3 is 1.48 bits per heavy atom. The number of benzene rings is 4. The van der Waals surface area contributed by atoms with Gasteiger partial charge in [-0.3, -0.25) is 4.79 Å². The SMILES string of the molecule is CCOC(=O)C(C)(C)CCCOc1ccc(OCCCP(Br)(c2ccccc2)(c2ccccc2)c2ccccc2)cc1. The van der Waals surface area contributed by atoms with E-state index in [0.29, 0.717) is 26.2 Å². The summed E-state index contributed by atoms with van der Waals surface area (Å²) in [5, 5.41) is 0.991. The van der Waals surface area contributed by atoms with Crippen LogP contribution in [0.1, 0.15) is 40.0 Å². The van der Waals surface area contributed by atoms with Crippen molar-refractivity contribution in [1.29, 1.82) is 0 Å². The van der Waals surface area contributed by atoms with Crippen molar-refractivity contribution in [2.45, 2.75) is 40.0 Å². The Labute approximate surface area is 259 Å². The van der Waals surface area contributed by atoms with Gasteiger partial charge in [0, 0.05) is 0 Å². The first kappa shape index (κ1) is 31.8. The van der Waals surface area contributed by atoms with E-state index in [1.807, 2.05) is 45.0 Å². The van der Waals surface area contributed by atoms with Gasteiger partial charge in [-0.2, -0.15) is 0 Å². The quantitative estimate of drug-likeness (QED) is 0.0743. The molecule has 0 heterocycles. The molecule has 4 rings (SSSR count). The third-order valence-electron chi connectivity index (χ3n) is 7.74. The minimum atomic E-state index is -2.95. The van der Waals surface area contributed by atoms with Gasteiger partial charge in [0.2, 0.25) is 0 Å². The fraction of sp³-hybridized carbons (Fsp3) is 0.306. The molecule has 42 heavy (non-hydrogen) atoms. The van der Waals surface area contributed by atoms with Crippen LogP contribution in [0.4, 0.5) is 0 Å². The van der Waals surface area contributed by atoms with Gasteiger partial charge in [0.1, 0.15) is 0 Å². The fourth-order valence-corrected chi connectivity index (χ4v) is 13.0. The van der Waals surface area contributed by atoms with Crippen LogP contribution in [0.5, 0.6) is 11.5 Å². The van der Waals surface area contributed by atoms with Crippen molar-refractivity contribution < 1.29 is 19.0 Å². The molecule has 6 heteroatoms. The van der Waals surface area contributed by atoms with E-state index in [1.165, 1.54) is 15.9 Å². The molecule has 0 saturated heterocycles. The van der Waals surface area contributed by atoms with Crippen LogP contribution in [0.25, 0.3) is 0 Å². The summed E-state index contributed by atoms with van der Waals surface area (Å²) in [6, 6.07) is 40.3. The van der Waals surface area contributed by atoms with Gasteiger partial charge in [0.05, 0.1) is 12.0 Å². The van der Waals surface area contributed by atoms with Gasteiger partial charge in [0.25, 0.3) is 0 Å². The second-order valence-corrected chi connectivity index (χ2v) is 20.2. The predicted octanol–water partition coefficient (Wildman–Crippen LogP) is 8.04. The molecule has 4 aromatic rings. The molecule has 0 spiro atoms. The molecule has 4 nitrogen and oxygen atoms in total. The Morgan fingerprint density at radius 2 is 1.07 bits per heavy atom. The normalized spacial score (nSPS) is 12.6. The Hall–Kier alpha value is -3.14. The Morgan fingerprint density at radius 1 is 0.667 bits per heavy atom. The summed E-state index contributed by atoms with van der Waals surface area (Å²) in [6.45, 7) is 7.21. The minimum absolute atomic E-state index is 0.159. The van der Waals surface area contributed by atoms with Crippen molar-refractivity contribution in [3.05, 3.63) is 115 Å². The molecule has 0 aliphatic heterocycles.